The topological polar surface area (TPSA) is 52.9 Å². The van der Waals surface area contributed by atoms with E-state index < -0.39 is 0 Å². The van der Waals surface area contributed by atoms with Gasteiger partial charge < -0.3 is 5.32 Å². The molecule has 1 heterocycles. The summed E-state index contributed by atoms with van der Waals surface area (Å²) in [6, 6.07) is 3.76. The van der Waals surface area contributed by atoms with Crippen LogP contribution in [0.2, 0.25) is 0 Å². The monoisotopic (exact) mass is 340 g/mol. The van der Waals surface area contributed by atoms with Crippen LogP contribution in [0.4, 0.5) is 0 Å². The van der Waals surface area contributed by atoms with E-state index in [2.05, 4.69) is 27.3 Å². The molecule has 3 nitrogen and oxygen atoms in total. The van der Waals surface area contributed by atoms with Crippen molar-refractivity contribution in [3.63, 3.8) is 0 Å². The zero-order valence-corrected chi connectivity index (χ0v) is 13.3. The first kappa shape index (κ1) is 14.5. The molecule has 0 aliphatic heterocycles. The van der Waals surface area contributed by atoms with Crippen LogP contribution in [0.3, 0.4) is 0 Å². The number of nitrogens with one attached hydrogen (secondary N) is 1. The molecule has 0 saturated heterocycles. The Morgan fingerprint density at radius 3 is 2.74 bits per heavy atom. The van der Waals surface area contributed by atoms with Crippen molar-refractivity contribution < 1.29 is 4.79 Å². The van der Waals surface area contributed by atoms with Crippen molar-refractivity contribution in [1.29, 1.82) is 5.26 Å². The molecule has 5 heteroatoms. The summed E-state index contributed by atoms with van der Waals surface area (Å²) in [6.07, 6.45) is 5.68. The highest BCUT2D eigenvalue weighted by atomic mass is 79.9. The molecule has 1 aromatic heterocycles. The quantitative estimate of drug-likeness (QED) is 0.903. The molecule has 1 unspecified atom stereocenters. The number of halogens is 1. The van der Waals surface area contributed by atoms with Crippen molar-refractivity contribution in [1.82, 2.24) is 5.32 Å². The average molecular weight is 341 g/mol. The lowest BCUT2D eigenvalue weighted by atomic mass is 9.84. The van der Waals surface area contributed by atoms with Gasteiger partial charge in [0, 0.05) is 0 Å². The van der Waals surface area contributed by atoms with Crippen molar-refractivity contribution in [2.75, 3.05) is 0 Å². The van der Waals surface area contributed by atoms with Crippen molar-refractivity contribution in [2.45, 2.75) is 45.1 Å². The van der Waals surface area contributed by atoms with E-state index in [1.165, 1.54) is 30.6 Å². The van der Waals surface area contributed by atoms with Crippen LogP contribution in [0.15, 0.2) is 9.85 Å². The minimum Gasteiger partial charge on any atom is -0.335 e. The standard InChI is InChI=1S/C14H17BrN2OS/c1-9-7-12(19-13(9)15)14(18)17-11(8-16)10-5-3-2-4-6-10/h7,10-11H,2-6H2,1H3,(H,17,18). The van der Waals surface area contributed by atoms with Crippen LogP contribution in [-0.4, -0.2) is 11.9 Å². The zero-order chi connectivity index (χ0) is 13.8. The predicted octanol–water partition coefficient (Wildman–Crippen LogP) is 4.02. The van der Waals surface area contributed by atoms with Crippen molar-refractivity contribution in [3.8, 4) is 6.07 Å². The van der Waals surface area contributed by atoms with Gasteiger partial charge in [-0.05, 0) is 53.2 Å². The molecule has 1 aliphatic carbocycles. The van der Waals surface area contributed by atoms with Gasteiger partial charge in [-0.3, -0.25) is 4.79 Å². The molecule has 0 spiro atoms. The molecule has 1 aromatic rings. The fraction of sp³-hybridized carbons (Fsp3) is 0.571. The predicted molar refractivity (Wildman–Crippen MR) is 80.2 cm³/mol. The third-order valence-corrected chi connectivity index (χ3v) is 5.76. The van der Waals surface area contributed by atoms with Gasteiger partial charge in [-0.1, -0.05) is 19.3 Å². The molecule has 0 radical (unpaired) electrons. The average Bonchev–Trinajstić information content (AvgIpc) is 2.77. The molecule has 1 saturated carbocycles. The third kappa shape index (κ3) is 3.58. The van der Waals surface area contributed by atoms with Crippen LogP contribution >= 0.6 is 27.3 Å². The van der Waals surface area contributed by atoms with Crippen LogP contribution in [0.25, 0.3) is 0 Å². The van der Waals surface area contributed by atoms with Gasteiger partial charge in [0.15, 0.2) is 0 Å². The minimum absolute atomic E-state index is 0.129. The number of rotatable bonds is 3. The molecule has 19 heavy (non-hydrogen) atoms. The first-order chi connectivity index (χ1) is 9.11. The number of aryl methyl sites for hydroxylation is 1. The Hall–Kier alpha value is -0.860. The normalized spacial score (nSPS) is 17.7. The van der Waals surface area contributed by atoms with Crippen molar-refractivity contribution >= 4 is 33.2 Å². The molecule has 1 fully saturated rings. The molecule has 1 atom stereocenters. The van der Waals surface area contributed by atoms with E-state index >= 15 is 0 Å². The Labute approximate surface area is 126 Å². The number of amides is 1. The lowest BCUT2D eigenvalue weighted by Gasteiger charge is -2.26. The van der Waals surface area contributed by atoms with Gasteiger partial charge in [0.05, 0.1) is 14.7 Å². The molecule has 1 aliphatic rings. The number of hydrogen-bond donors (Lipinski definition) is 1. The molecule has 2 rings (SSSR count). The first-order valence-electron chi connectivity index (χ1n) is 6.58. The highest BCUT2D eigenvalue weighted by Gasteiger charge is 2.25. The van der Waals surface area contributed by atoms with Crippen LogP contribution in [-0.2, 0) is 0 Å². The maximum Gasteiger partial charge on any atom is 0.262 e. The van der Waals surface area contributed by atoms with E-state index in [0.29, 0.717) is 10.8 Å². The number of hydrogen-bond acceptors (Lipinski definition) is 3. The Morgan fingerprint density at radius 2 is 2.21 bits per heavy atom. The summed E-state index contributed by atoms with van der Waals surface area (Å²) in [4.78, 5) is 12.8. The van der Waals surface area contributed by atoms with Crippen LogP contribution in [0, 0.1) is 24.2 Å². The van der Waals surface area contributed by atoms with E-state index in [1.54, 1.807) is 0 Å². The highest BCUT2D eigenvalue weighted by molar-refractivity contribution is 9.11. The van der Waals surface area contributed by atoms with E-state index in [-0.39, 0.29) is 11.9 Å². The van der Waals surface area contributed by atoms with Crippen LogP contribution in [0.1, 0.15) is 47.3 Å². The van der Waals surface area contributed by atoms with E-state index in [9.17, 15) is 10.1 Å². The molecular weight excluding hydrogens is 324 g/mol. The fourth-order valence-electron chi connectivity index (χ4n) is 2.51. The Bertz CT molecular complexity index is 481. The lowest BCUT2D eigenvalue weighted by Crippen LogP contribution is -2.39. The van der Waals surface area contributed by atoms with Gasteiger partial charge in [-0.2, -0.15) is 5.26 Å². The first-order valence-corrected chi connectivity index (χ1v) is 8.19. The SMILES string of the molecule is Cc1cc(C(=O)NC(C#N)C2CCCCC2)sc1Br. The van der Waals surface area contributed by atoms with Crippen molar-refractivity contribution in [2.24, 2.45) is 5.92 Å². The summed E-state index contributed by atoms with van der Waals surface area (Å²) in [5.74, 6) is 0.183. The van der Waals surface area contributed by atoms with Crippen LogP contribution < -0.4 is 5.32 Å². The van der Waals surface area contributed by atoms with Gasteiger partial charge in [0.1, 0.15) is 6.04 Å². The zero-order valence-electron chi connectivity index (χ0n) is 10.9. The van der Waals surface area contributed by atoms with E-state index in [0.717, 1.165) is 22.2 Å². The second kappa shape index (κ2) is 6.53. The Morgan fingerprint density at radius 1 is 1.53 bits per heavy atom. The molecule has 1 N–H and O–H groups in total. The maximum atomic E-state index is 12.1. The number of carbonyl (C=O) groups is 1. The summed E-state index contributed by atoms with van der Waals surface area (Å²) in [7, 11) is 0. The smallest absolute Gasteiger partial charge is 0.262 e. The Balaban J connectivity index is 2.01. The summed E-state index contributed by atoms with van der Waals surface area (Å²) >= 11 is 4.83. The molecule has 1 amide bonds. The van der Waals surface area contributed by atoms with Gasteiger partial charge in [-0.15, -0.1) is 11.3 Å². The molecule has 0 bridgehead atoms. The summed E-state index contributed by atoms with van der Waals surface area (Å²) in [6.45, 7) is 1.96. The number of thiophene rings is 1. The minimum atomic E-state index is -0.353. The van der Waals surface area contributed by atoms with E-state index in [1.807, 2.05) is 13.0 Å². The second-order valence-electron chi connectivity index (χ2n) is 5.05. The maximum absolute atomic E-state index is 12.1. The lowest BCUT2D eigenvalue weighted by molar-refractivity contribution is 0.0933. The third-order valence-electron chi connectivity index (χ3n) is 3.63. The summed E-state index contributed by atoms with van der Waals surface area (Å²) in [5.41, 5.74) is 1.06. The summed E-state index contributed by atoms with van der Waals surface area (Å²) < 4.78 is 0.976. The van der Waals surface area contributed by atoms with E-state index in [4.69, 9.17) is 0 Å². The highest BCUT2D eigenvalue weighted by Crippen LogP contribution is 2.29. The Kier molecular flexibility index (Phi) is 5.00. The molecular formula is C14H17BrN2OS. The largest absolute Gasteiger partial charge is 0.335 e. The van der Waals surface area contributed by atoms with Gasteiger partial charge in [0.25, 0.3) is 5.91 Å². The number of nitriles is 1. The number of carbonyl (C=O) groups excluding carboxylic acids is 1. The van der Waals surface area contributed by atoms with Crippen molar-refractivity contribution in [3.05, 3.63) is 20.3 Å². The van der Waals surface area contributed by atoms with Crippen LogP contribution in [0.5, 0.6) is 0 Å². The number of nitrogens with zero attached hydrogens (tertiary/aromatic N) is 1. The van der Waals surface area contributed by atoms with Gasteiger partial charge in [0.2, 0.25) is 0 Å². The fourth-order valence-corrected chi connectivity index (χ4v) is 3.95. The van der Waals surface area contributed by atoms with Gasteiger partial charge >= 0.3 is 0 Å². The molecule has 102 valence electrons. The van der Waals surface area contributed by atoms with Gasteiger partial charge in [-0.25, -0.2) is 0 Å². The second-order valence-corrected chi connectivity index (χ2v) is 7.42. The summed E-state index contributed by atoms with van der Waals surface area (Å²) in [5, 5.41) is 12.1. The molecule has 0 aromatic carbocycles.